The molecule has 23 heavy (non-hydrogen) atoms. The Morgan fingerprint density at radius 2 is 1.91 bits per heavy atom. The predicted octanol–water partition coefficient (Wildman–Crippen LogP) is 3.36. The van der Waals surface area contributed by atoms with Gasteiger partial charge in [0.15, 0.2) is 5.66 Å². The molecule has 0 N–H and O–H groups in total. The van der Waals surface area contributed by atoms with E-state index < -0.39 is 0 Å². The molecule has 0 bridgehead atoms. The molecule has 0 fully saturated rings. The van der Waals surface area contributed by atoms with Gasteiger partial charge >= 0.3 is 0 Å². The van der Waals surface area contributed by atoms with Gasteiger partial charge < -0.3 is 4.90 Å². The third-order valence-corrected chi connectivity index (χ3v) is 4.79. The zero-order chi connectivity index (χ0) is 16.1. The first-order valence-electron chi connectivity index (χ1n) is 8.44. The Morgan fingerprint density at radius 3 is 2.61 bits per heavy atom. The van der Waals surface area contributed by atoms with E-state index in [-0.39, 0.29) is 11.6 Å². The number of nitrogens with zero attached hydrogens (tertiary/aromatic N) is 3. The Bertz CT molecular complexity index is 638. The van der Waals surface area contributed by atoms with Crippen molar-refractivity contribution >= 4 is 5.91 Å². The highest BCUT2D eigenvalue weighted by Crippen LogP contribution is 2.37. The van der Waals surface area contributed by atoms with Crippen LogP contribution in [0.1, 0.15) is 43.2 Å². The van der Waals surface area contributed by atoms with Crippen LogP contribution >= 0.6 is 0 Å². The molecule has 3 rings (SSSR count). The van der Waals surface area contributed by atoms with Gasteiger partial charge in [-0.05, 0) is 30.4 Å². The van der Waals surface area contributed by atoms with Crippen molar-refractivity contribution in [3.8, 4) is 12.3 Å². The van der Waals surface area contributed by atoms with Gasteiger partial charge in [-0.3, -0.25) is 4.79 Å². The fraction of sp³-hybridized carbons (Fsp3) is 0.526. The number of hydrogen-bond donors (Lipinski definition) is 0. The molecule has 1 aromatic rings. The number of hydrogen-bond acceptors (Lipinski definition) is 3. The predicted molar refractivity (Wildman–Crippen MR) is 89.9 cm³/mol. The summed E-state index contributed by atoms with van der Waals surface area (Å²) in [5, 5.41) is 8.22. The van der Waals surface area contributed by atoms with Gasteiger partial charge in [-0.1, -0.05) is 24.3 Å². The maximum atomic E-state index is 12.5. The first-order valence-corrected chi connectivity index (χ1v) is 8.44. The average molecular weight is 309 g/mol. The maximum absolute atomic E-state index is 12.5. The topological polar surface area (TPSA) is 45.0 Å². The molecule has 4 nitrogen and oxygen atoms in total. The third-order valence-electron chi connectivity index (χ3n) is 4.79. The van der Waals surface area contributed by atoms with E-state index in [1.54, 1.807) is 0 Å². The summed E-state index contributed by atoms with van der Waals surface area (Å²) in [6.45, 7) is 1.65. The first kappa shape index (κ1) is 15.7. The average Bonchev–Trinajstić information content (AvgIpc) is 3.32. The van der Waals surface area contributed by atoms with Gasteiger partial charge in [0.2, 0.25) is 5.91 Å². The molecule has 4 heteroatoms. The lowest BCUT2D eigenvalue weighted by atomic mass is 9.97. The van der Waals surface area contributed by atoms with Crippen LogP contribution in [0.4, 0.5) is 0 Å². The molecule has 2 aliphatic heterocycles. The van der Waals surface area contributed by atoms with Crippen molar-refractivity contribution in [3.05, 3.63) is 35.4 Å². The first-order chi connectivity index (χ1) is 11.2. The minimum Gasteiger partial charge on any atom is -0.342 e. The van der Waals surface area contributed by atoms with E-state index in [0.29, 0.717) is 19.3 Å². The number of aryl methyl sites for hydroxylation is 1. The van der Waals surface area contributed by atoms with Gasteiger partial charge in [0.05, 0.1) is 0 Å². The molecule has 0 aliphatic carbocycles. The quantitative estimate of drug-likeness (QED) is 0.769. The zero-order valence-electron chi connectivity index (χ0n) is 13.5. The largest absolute Gasteiger partial charge is 0.342 e. The second kappa shape index (κ2) is 6.95. The summed E-state index contributed by atoms with van der Waals surface area (Å²) < 4.78 is 0. The van der Waals surface area contributed by atoms with Crippen LogP contribution in [0.2, 0.25) is 0 Å². The number of carbonyl (C=O) groups excluding carboxylic acids is 1. The molecule has 1 amide bonds. The van der Waals surface area contributed by atoms with Crippen LogP contribution in [0.5, 0.6) is 0 Å². The van der Waals surface area contributed by atoms with Crippen LogP contribution < -0.4 is 0 Å². The maximum Gasteiger partial charge on any atom is 0.222 e. The van der Waals surface area contributed by atoms with Crippen molar-refractivity contribution in [2.75, 3.05) is 13.1 Å². The van der Waals surface area contributed by atoms with Crippen LogP contribution in [0.3, 0.4) is 0 Å². The summed E-state index contributed by atoms with van der Waals surface area (Å²) in [5.41, 5.74) is 2.46. The molecule has 2 aliphatic rings. The van der Waals surface area contributed by atoms with Crippen molar-refractivity contribution in [2.45, 2.75) is 50.6 Å². The molecule has 2 heterocycles. The zero-order valence-corrected chi connectivity index (χ0v) is 13.5. The Labute approximate surface area is 138 Å². The lowest BCUT2D eigenvalue weighted by Crippen LogP contribution is -2.35. The number of fused-ring (bicyclic) bond motifs is 1. The SMILES string of the molecule is C#CCCC1(CCC(=O)N2CCCc3ccccc3CC2)N=N1. The normalized spacial score (nSPS) is 18.5. The van der Waals surface area contributed by atoms with Gasteiger partial charge in [-0.25, -0.2) is 0 Å². The van der Waals surface area contributed by atoms with Crippen LogP contribution in [0, 0.1) is 12.3 Å². The van der Waals surface area contributed by atoms with Crippen LogP contribution in [-0.4, -0.2) is 29.6 Å². The van der Waals surface area contributed by atoms with Gasteiger partial charge in [-0.2, -0.15) is 10.2 Å². The van der Waals surface area contributed by atoms with Crippen molar-refractivity contribution in [2.24, 2.45) is 10.2 Å². The molecular weight excluding hydrogens is 286 g/mol. The van der Waals surface area contributed by atoms with Crippen LogP contribution in [0.15, 0.2) is 34.5 Å². The number of terminal acetylenes is 1. The number of amides is 1. The van der Waals surface area contributed by atoms with Gasteiger partial charge in [0.25, 0.3) is 0 Å². The second-order valence-electron chi connectivity index (χ2n) is 6.39. The van der Waals surface area contributed by atoms with E-state index in [4.69, 9.17) is 6.42 Å². The summed E-state index contributed by atoms with van der Waals surface area (Å²) in [6, 6.07) is 8.57. The van der Waals surface area contributed by atoms with Crippen LogP contribution in [0.25, 0.3) is 0 Å². The van der Waals surface area contributed by atoms with Crippen LogP contribution in [-0.2, 0) is 17.6 Å². The highest BCUT2D eigenvalue weighted by molar-refractivity contribution is 5.76. The van der Waals surface area contributed by atoms with E-state index in [0.717, 1.165) is 38.8 Å². The minimum absolute atomic E-state index is 0.224. The standard InChI is InChI=1S/C19H23N3O/c1-2-3-12-19(20-21-19)13-10-18(23)22-14-6-9-16-7-4-5-8-17(16)11-15-22/h1,4-5,7-8H,3,6,9-15H2. The molecule has 120 valence electrons. The Morgan fingerprint density at radius 1 is 1.17 bits per heavy atom. The Kier molecular flexibility index (Phi) is 4.76. The minimum atomic E-state index is -0.350. The number of carbonyl (C=O) groups is 1. The highest BCUT2D eigenvalue weighted by Gasteiger charge is 2.39. The molecule has 0 saturated carbocycles. The summed E-state index contributed by atoms with van der Waals surface area (Å²) in [7, 11) is 0. The van der Waals surface area contributed by atoms with Crippen molar-refractivity contribution in [3.63, 3.8) is 0 Å². The van der Waals surface area contributed by atoms with Crippen molar-refractivity contribution in [1.82, 2.24) is 4.90 Å². The summed E-state index contributed by atoms with van der Waals surface area (Å²) in [5.74, 6) is 2.85. The fourth-order valence-electron chi connectivity index (χ4n) is 3.26. The molecule has 0 aromatic heterocycles. The molecule has 0 atom stereocenters. The van der Waals surface area contributed by atoms with E-state index >= 15 is 0 Å². The van der Waals surface area contributed by atoms with Gasteiger partial charge in [0, 0.05) is 38.8 Å². The highest BCUT2D eigenvalue weighted by atomic mass is 16.2. The number of rotatable bonds is 5. The summed E-state index contributed by atoms with van der Waals surface area (Å²) in [4.78, 5) is 14.5. The van der Waals surface area contributed by atoms with E-state index in [9.17, 15) is 4.79 Å². The second-order valence-corrected chi connectivity index (χ2v) is 6.39. The smallest absolute Gasteiger partial charge is 0.222 e. The molecule has 0 unspecified atom stereocenters. The molecule has 0 saturated heterocycles. The van der Waals surface area contributed by atoms with Gasteiger partial charge in [-0.15, -0.1) is 12.3 Å². The molecule has 0 radical (unpaired) electrons. The monoisotopic (exact) mass is 309 g/mol. The molecule has 1 aromatic carbocycles. The third kappa shape index (κ3) is 3.98. The Hall–Kier alpha value is -2.15. The molecular formula is C19H23N3O. The number of benzene rings is 1. The van der Waals surface area contributed by atoms with E-state index in [1.165, 1.54) is 11.1 Å². The van der Waals surface area contributed by atoms with Gasteiger partial charge in [0.1, 0.15) is 0 Å². The van der Waals surface area contributed by atoms with Crippen molar-refractivity contribution in [1.29, 1.82) is 0 Å². The summed E-state index contributed by atoms with van der Waals surface area (Å²) in [6.07, 6.45) is 11.0. The Balaban J connectivity index is 1.51. The summed E-state index contributed by atoms with van der Waals surface area (Å²) >= 11 is 0. The van der Waals surface area contributed by atoms with E-state index in [1.807, 2.05) is 4.90 Å². The lowest BCUT2D eigenvalue weighted by Gasteiger charge is -2.26. The van der Waals surface area contributed by atoms with E-state index in [2.05, 4.69) is 40.4 Å². The molecule has 0 spiro atoms. The van der Waals surface area contributed by atoms with Crippen molar-refractivity contribution < 1.29 is 4.79 Å². The lowest BCUT2D eigenvalue weighted by molar-refractivity contribution is -0.131. The fourth-order valence-corrected chi connectivity index (χ4v) is 3.26.